The van der Waals surface area contributed by atoms with Gasteiger partial charge in [-0.3, -0.25) is 4.79 Å². The Kier molecular flexibility index (Phi) is 4.78. The summed E-state index contributed by atoms with van der Waals surface area (Å²) in [4.78, 5) is 11.6. The molecule has 3 nitrogen and oxygen atoms in total. The molecule has 0 spiro atoms. The average Bonchev–Trinajstić information content (AvgIpc) is 2.58. The molecule has 0 aliphatic heterocycles. The van der Waals surface area contributed by atoms with Crippen molar-refractivity contribution in [1.29, 1.82) is 0 Å². The molecule has 1 heterocycles. The first-order chi connectivity index (χ1) is 7.11. The number of nitrogens with one attached hydrogen (secondary N) is 2. The van der Waals surface area contributed by atoms with E-state index >= 15 is 0 Å². The van der Waals surface area contributed by atoms with Gasteiger partial charge in [0.1, 0.15) is 0 Å². The molecule has 1 aromatic rings. The lowest BCUT2D eigenvalue weighted by molar-refractivity contribution is 0.0953. The van der Waals surface area contributed by atoms with Crippen LogP contribution in [0.2, 0.25) is 0 Å². The Balaban J connectivity index is 2.28. The van der Waals surface area contributed by atoms with E-state index in [4.69, 9.17) is 0 Å². The largest absolute Gasteiger partial charge is 0.351 e. The Bertz CT molecular complexity index is 320. The summed E-state index contributed by atoms with van der Waals surface area (Å²) < 4.78 is 0. The van der Waals surface area contributed by atoms with Gasteiger partial charge in [-0.2, -0.15) is 11.3 Å². The monoisotopic (exact) mass is 226 g/mol. The highest BCUT2D eigenvalue weighted by molar-refractivity contribution is 7.08. The SMILES string of the molecule is Cc1cscc1C(=O)NCCNC(C)C. The van der Waals surface area contributed by atoms with Crippen LogP contribution in [0.3, 0.4) is 0 Å². The fourth-order valence-corrected chi connectivity index (χ4v) is 2.05. The van der Waals surface area contributed by atoms with Crippen LogP contribution in [-0.4, -0.2) is 25.0 Å². The van der Waals surface area contributed by atoms with Crippen molar-refractivity contribution in [3.63, 3.8) is 0 Å². The number of hydrogen-bond acceptors (Lipinski definition) is 3. The van der Waals surface area contributed by atoms with Crippen molar-refractivity contribution in [1.82, 2.24) is 10.6 Å². The van der Waals surface area contributed by atoms with Crippen LogP contribution in [0.15, 0.2) is 10.8 Å². The molecule has 2 N–H and O–H groups in total. The van der Waals surface area contributed by atoms with Crippen molar-refractivity contribution >= 4 is 17.2 Å². The number of thiophene rings is 1. The average molecular weight is 226 g/mol. The second-order valence-corrected chi connectivity index (χ2v) is 4.58. The maximum absolute atomic E-state index is 11.6. The Labute approximate surface area is 94.9 Å². The molecule has 0 atom stereocenters. The van der Waals surface area contributed by atoms with E-state index in [1.54, 1.807) is 11.3 Å². The fourth-order valence-electron chi connectivity index (χ4n) is 1.23. The summed E-state index contributed by atoms with van der Waals surface area (Å²) in [5, 5.41) is 10.0. The van der Waals surface area contributed by atoms with Gasteiger partial charge in [0.25, 0.3) is 5.91 Å². The minimum Gasteiger partial charge on any atom is -0.351 e. The van der Waals surface area contributed by atoms with E-state index < -0.39 is 0 Å². The summed E-state index contributed by atoms with van der Waals surface area (Å²) in [6, 6.07) is 0.463. The summed E-state index contributed by atoms with van der Waals surface area (Å²) in [7, 11) is 0. The molecule has 0 fully saturated rings. The van der Waals surface area contributed by atoms with Crippen LogP contribution in [0, 0.1) is 6.92 Å². The molecule has 0 radical (unpaired) electrons. The molecule has 0 unspecified atom stereocenters. The second kappa shape index (κ2) is 5.88. The van der Waals surface area contributed by atoms with Crippen LogP contribution in [0.25, 0.3) is 0 Å². The number of carbonyl (C=O) groups is 1. The third kappa shape index (κ3) is 4.01. The molecule has 0 bridgehead atoms. The zero-order valence-corrected chi connectivity index (χ0v) is 10.3. The summed E-state index contributed by atoms with van der Waals surface area (Å²) in [6.45, 7) is 7.62. The lowest BCUT2D eigenvalue weighted by Gasteiger charge is -2.08. The zero-order valence-electron chi connectivity index (χ0n) is 9.46. The normalized spacial score (nSPS) is 10.7. The summed E-state index contributed by atoms with van der Waals surface area (Å²) >= 11 is 1.56. The van der Waals surface area contributed by atoms with Crippen molar-refractivity contribution < 1.29 is 4.79 Å². The topological polar surface area (TPSA) is 41.1 Å². The van der Waals surface area contributed by atoms with E-state index in [0.29, 0.717) is 12.6 Å². The van der Waals surface area contributed by atoms with Gasteiger partial charge in [-0.25, -0.2) is 0 Å². The molecule has 0 aliphatic rings. The molecular weight excluding hydrogens is 208 g/mol. The minimum absolute atomic E-state index is 0.0271. The van der Waals surface area contributed by atoms with Crippen molar-refractivity contribution in [2.75, 3.05) is 13.1 Å². The second-order valence-electron chi connectivity index (χ2n) is 3.83. The number of rotatable bonds is 5. The van der Waals surface area contributed by atoms with E-state index in [2.05, 4.69) is 24.5 Å². The number of hydrogen-bond donors (Lipinski definition) is 2. The highest BCUT2D eigenvalue weighted by Gasteiger charge is 2.08. The van der Waals surface area contributed by atoms with Gasteiger partial charge in [0, 0.05) is 24.5 Å². The molecule has 1 amide bonds. The van der Waals surface area contributed by atoms with Gasteiger partial charge < -0.3 is 10.6 Å². The minimum atomic E-state index is 0.0271. The van der Waals surface area contributed by atoms with E-state index in [9.17, 15) is 4.79 Å². The Hall–Kier alpha value is -0.870. The molecule has 84 valence electrons. The zero-order chi connectivity index (χ0) is 11.3. The van der Waals surface area contributed by atoms with Crippen LogP contribution in [0.4, 0.5) is 0 Å². The third-order valence-corrected chi connectivity index (χ3v) is 2.92. The van der Waals surface area contributed by atoms with Gasteiger partial charge in [0.15, 0.2) is 0 Å². The van der Waals surface area contributed by atoms with Crippen LogP contribution in [0.1, 0.15) is 29.8 Å². The standard InChI is InChI=1S/C11H18N2OS/c1-8(2)12-4-5-13-11(14)10-7-15-6-9(10)3/h6-8,12H,4-5H2,1-3H3,(H,13,14). The summed E-state index contributed by atoms with van der Waals surface area (Å²) in [5.74, 6) is 0.0271. The lowest BCUT2D eigenvalue weighted by atomic mass is 10.2. The first kappa shape index (κ1) is 12.2. The lowest BCUT2D eigenvalue weighted by Crippen LogP contribution is -2.34. The van der Waals surface area contributed by atoms with E-state index in [1.807, 2.05) is 17.7 Å². The van der Waals surface area contributed by atoms with Crippen LogP contribution >= 0.6 is 11.3 Å². The van der Waals surface area contributed by atoms with Crippen molar-refractivity contribution in [3.05, 3.63) is 21.9 Å². The molecule has 0 aromatic carbocycles. The van der Waals surface area contributed by atoms with Crippen LogP contribution in [0.5, 0.6) is 0 Å². The smallest absolute Gasteiger partial charge is 0.252 e. The summed E-state index contributed by atoms with van der Waals surface area (Å²) in [5.41, 5.74) is 1.85. The Morgan fingerprint density at radius 2 is 2.13 bits per heavy atom. The fraction of sp³-hybridized carbons (Fsp3) is 0.545. The van der Waals surface area contributed by atoms with Crippen molar-refractivity contribution in [2.24, 2.45) is 0 Å². The number of carbonyl (C=O) groups excluding carboxylic acids is 1. The molecule has 15 heavy (non-hydrogen) atoms. The number of aryl methyl sites for hydroxylation is 1. The van der Waals surface area contributed by atoms with E-state index in [1.165, 1.54) is 0 Å². The Morgan fingerprint density at radius 1 is 1.40 bits per heavy atom. The molecule has 1 rings (SSSR count). The van der Waals surface area contributed by atoms with Gasteiger partial charge in [-0.05, 0) is 17.9 Å². The molecule has 1 aromatic heterocycles. The number of amides is 1. The molecule has 0 saturated carbocycles. The van der Waals surface area contributed by atoms with Gasteiger partial charge >= 0.3 is 0 Å². The predicted molar refractivity (Wildman–Crippen MR) is 64.5 cm³/mol. The quantitative estimate of drug-likeness (QED) is 0.751. The van der Waals surface area contributed by atoms with Gasteiger partial charge in [-0.1, -0.05) is 13.8 Å². The summed E-state index contributed by atoms with van der Waals surface area (Å²) in [6.07, 6.45) is 0. The van der Waals surface area contributed by atoms with Crippen molar-refractivity contribution in [2.45, 2.75) is 26.8 Å². The maximum atomic E-state index is 11.6. The molecule has 0 aliphatic carbocycles. The first-order valence-corrected chi connectivity index (χ1v) is 6.10. The molecule has 0 saturated heterocycles. The van der Waals surface area contributed by atoms with Gasteiger partial charge in [0.05, 0.1) is 5.56 Å². The van der Waals surface area contributed by atoms with Crippen LogP contribution in [-0.2, 0) is 0 Å². The highest BCUT2D eigenvalue weighted by atomic mass is 32.1. The highest BCUT2D eigenvalue weighted by Crippen LogP contribution is 2.12. The van der Waals surface area contributed by atoms with Gasteiger partial charge in [0.2, 0.25) is 0 Å². The maximum Gasteiger partial charge on any atom is 0.252 e. The van der Waals surface area contributed by atoms with E-state index in [-0.39, 0.29) is 5.91 Å². The first-order valence-electron chi connectivity index (χ1n) is 5.15. The van der Waals surface area contributed by atoms with Gasteiger partial charge in [-0.15, -0.1) is 0 Å². The Morgan fingerprint density at radius 3 is 2.67 bits per heavy atom. The molecule has 4 heteroatoms. The third-order valence-electron chi connectivity index (χ3n) is 2.06. The van der Waals surface area contributed by atoms with Crippen molar-refractivity contribution in [3.8, 4) is 0 Å². The van der Waals surface area contributed by atoms with E-state index in [0.717, 1.165) is 17.7 Å². The predicted octanol–water partition coefficient (Wildman–Crippen LogP) is 1.78. The molecular formula is C11H18N2OS. The van der Waals surface area contributed by atoms with Crippen LogP contribution < -0.4 is 10.6 Å².